The van der Waals surface area contributed by atoms with Crippen molar-refractivity contribution < 1.29 is 18.0 Å². The monoisotopic (exact) mass is 246 g/mol. The Kier molecular flexibility index (Phi) is 4.96. The van der Waals surface area contributed by atoms with Gasteiger partial charge < -0.3 is 10.6 Å². The maximum atomic E-state index is 13.2. The number of carbonyl (C=O) groups is 1. The summed E-state index contributed by atoms with van der Waals surface area (Å²) in [4.78, 5) is 11.3. The molecule has 6 heteroatoms. The molecule has 2 N–H and O–H groups in total. The van der Waals surface area contributed by atoms with Gasteiger partial charge in [0.25, 0.3) is 0 Å². The van der Waals surface area contributed by atoms with E-state index in [0.717, 1.165) is 18.6 Å². The minimum atomic E-state index is -1.59. The molecule has 0 aliphatic heterocycles. The summed E-state index contributed by atoms with van der Waals surface area (Å²) in [5.74, 6) is -4.79. The molecule has 0 heterocycles. The van der Waals surface area contributed by atoms with Gasteiger partial charge >= 0.3 is 0 Å². The zero-order chi connectivity index (χ0) is 12.8. The standard InChI is InChI=1S/C11H13F3N2O/c1-2-5-15-6-9(17)16-8-4-3-7(12)10(13)11(8)14/h3-4,15H,2,5-6H2,1H3,(H,16,17). The van der Waals surface area contributed by atoms with Gasteiger partial charge in [-0.15, -0.1) is 0 Å². The van der Waals surface area contributed by atoms with Crippen molar-refractivity contribution in [3.63, 3.8) is 0 Å². The third kappa shape index (κ3) is 3.74. The van der Waals surface area contributed by atoms with Gasteiger partial charge in [0, 0.05) is 0 Å². The van der Waals surface area contributed by atoms with Crippen LogP contribution in [0.2, 0.25) is 0 Å². The van der Waals surface area contributed by atoms with Crippen LogP contribution in [0.5, 0.6) is 0 Å². The Hall–Kier alpha value is -1.56. The van der Waals surface area contributed by atoms with Crippen LogP contribution < -0.4 is 10.6 Å². The molecule has 0 radical (unpaired) electrons. The predicted octanol–water partition coefficient (Wildman–Crippen LogP) is 2.04. The number of anilines is 1. The molecule has 0 unspecified atom stereocenters. The molecular weight excluding hydrogens is 233 g/mol. The molecule has 0 aromatic heterocycles. The first-order valence-corrected chi connectivity index (χ1v) is 5.20. The lowest BCUT2D eigenvalue weighted by atomic mass is 10.2. The Bertz CT molecular complexity index is 410. The van der Waals surface area contributed by atoms with E-state index in [1.165, 1.54) is 0 Å². The first-order chi connectivity index (χ1) is 8.06. The van der Waals surface area contributed by atoms with Crippen molar-refractivity contribution in [1.29, 1.82) is 0 Å². The van der Waals surface area contributed by atoms with Crippen molar-refractivity contribution in [2.45, 2.75) is 13.3 Å². The SMILES string of the molecule is CCCNCC(=O)Nc1ccc(F)c(F)c1F. The minimum absolute atomic E-state index is 0.00766. The number of carbonyl (C=O) groups excluding carboxylic acids is 1. The quantitative estimate of drug-likeness (QED) is 0.616. The summed E-state index contributed by atoms with van der Waals surface area (Å²) in [6.07, 6.45) is 0.854. The molecule has 1 rings (SSSR count). The second-order valence-corrected chi connectivity index (χ2v) is 3.45. The number of amides is 1. The van der Waals surface area contributed by atoms with Crippen LogP contribution >= 0.6 is 0 Å². The van der Waals surface area contributed by atoms with Gasteiger partial charge in [0.15, 0.2) is 17.5 Å². The predicted molar refractivity (Wildman–Crippen MR) is 58.1 cm³/mol. The fourth-order valence-electron chi connectivity index (χ4n) is 1.20. The highest BCUT2D eigenvalue weighted by Gasteiger charge is 2.14. The molecule has 0 aliphatic rings. The average molecular weight is 246 g/mol. The average Bonchev–Trinajstić information content (AvgIpc) is 2.30. The Labute approximate surface area is 97.0 Å². The van der Waals surface area contributed by atoms with Crippen LogP contribution in [0.4, 0.5) is 18.9 Å². The van der Waals surface area contributed by atoms with Crippen LogP contribution in [-0.2, 0) is 4.79 Å². The topological polar surface area (TPSA) is 41.1 Å². The molecule has 0 spiro atoms. The molecule has 94 valence electrons. The van der Waals surface area contributed by atoms with E-state index in [-0.39, 0.29) is 12.2 Å². The van der Waals surface area contributed by atoms with Crippen LogP contribution in [-0.4, -0.2) is 19.0 Å². The van der Waals surface area contributed by atoms with Crippen molar-refractivity contribution in [3.8, 4) is 0 Å². The minimum Gasteiger partial charge on any atom is -0.322 e. The fourth-order valence-corrected chi connectivity index (χ4v) is 1.20. The highest BCUT2D eigenvalue weighted by Crippen LogP contribution is 2.19. The van der Waals surface area contributed by atoms with E-state index in [2.05, 4.69) is 10.6 Å². The molecule has 0 aliphatic carbocycles. The second kappa shape index (κ2) is 6.24. The summed E-state index contributed by atoms with van der Waals surface area (Å²) >= 11 is 0. The van der Waals surface area contributed by atoms with E-state index >= 15 is 0 Å². The molecule has 17 heavy (non-hydrogen) atoms. The largest absolute Gasteiger partial charge is 0.322 e. The molecule has 0 fully saturated rings. The molecule has 1 aromatic rings. The number of hydrogen-bond acceptors (Lipinski definition) is 2. The summed E-state index contributed by atoms with van der Waals surface area (Å²) in [6.45, 7) is 2.57. The third-order valence-corrected chi connectivity index (χ3v) is 2.02. The van der Waals surface area contributed by atoms with Crippen molar-refractivity contribution in [2.75, 3.05) is 18.4 Å². The van der Waals surface area contributed by atoms with Crippen molar-refractivity contribution in [3.05, 3.63) is 29.6 Å². The number of benzene rings is 1. The molecule has 3 nitrogen and oxygen atoms in total. The van der Waals surface area contributed by atoms with E-state index in [0.29, 0.717) is 6.54 Å². The molecule has 0 atom stereocenters. The van der Waals surface area contributed by atoms with Gasteiger partial charge in [0.1, 0.15) is 0 Å². The van der Waals surface area contributed by atoms with Gasteiger partial charge in [-0.05, 0) is 25.1 Å². The normalized spacial score (nSPS) is 10.4. The van der Waals surface area contributed by atoms with E-state index < -0.39 is 23.4 Å². The highest BCUT2D eigenvalue weighted by molar-refractivity contribution is 5.92. The zero-order valence-corrected chi connectivity index (χ0v) is 9.32. The second-order valence-electron chi connectivity index (χ2n) is 3.45. The molecular formula is C11H13F3N2O. The van der Waals surface area contributed by atoms with Gasteiger partial charge in [0.05, 0.1) is 12.2 Å². The van der Waals surface area contributed by atoms with Crippen LogP contribution in [0.3, 0.4) is 0 Å². The summed E-state index contributed by atoms with van der Waals surface area (Å²) in [5, 5.41) is 4.95. The smallest absolute Gasteiger partial charge is 0.238 e. The molecule has 1 aromatic carbocycles. The van der Waals surface area contributed by atoms with Crippen LogP contribution in [0.1, 0.15) is 13.3 Å². The molecule has 0 saturated heterocycles. The van der Waals surface area contributed by atoms with Gasteiger partial charge in [-0.1, -0.05) is 6.92 Å². The molecule has 0 bridgehead atoms. The number of halogens is 3. The van der Waals surface area contributed by atoms with E-state index in [1.54, 1.807) is 0 Å². The summed E-state index contributed by atoms with van der Waals surface area (Å²) < 4.78 is 38.6. The number of hydrogen-bond donors (Lipinski definition) is 2. The first-order valence-electron chi connectivity index (χ1n) is 5.20. The van der Waals surface area contributed by atoms with Gasteiger partial charge in [-0.25, -0.2) is 13.2 Å². The van der Waals surface area contributed by atoms with E-state index in [4.69, 9.17) is 0 Å². The Balaban J connectivity index is 2.63. The Morgan fingerprint density at radius 2 is 1.94 bits per heavy atom. The van der Waals surface area contributed by atoms with E-state index in [1.807, 2.05) is 6.92 Å². The lowest BCUT2D eigenvalue weighted by Gasteiger charge is -2.07. The molecule has 1 amide bonds. The van der Waals surface area contributed by atoms with Crippen LogP contribution in [0, 0.1) is 17.5 Å². The zero-order valence-electron chi connectivity index (χ0n) is 9.32. The fraction of sp³-hybridized carbons (Fsp3) is 0.364. The maximum absolute atomic E-state index is 13.2. The number of rotatable bonds is 5. The van der Waals surface area contributed by atoms with Crippen LogP contribution in [0.15, 0.2) is 12.1 Å². The van der Waals surface area contributed by atoms with Crippen molar-refractivity contribution >= 4 is 11.6 Å². The first kappa shape index (κ1) is 13.5. The number of nitrogens with one attached hydrogen (secondary N) is 2. The van der Waals surface area contributed by atoms with Crippen molar-refractivity contribution in [2.24, 2.45) is 0 Å². The van der Waals surface area contributed by atoms with Gasteiger partial charge in [-0.3, -0.25) is 4.79 Å². The Morgan fingerprint density at radius 3 is 2.59 bits per heavy atom. The Morgan fingerprint density at radius 1 is 1.24 bits per heavy atom. The summed E-state index contributed by atoms with van der Waals surface area (Å²) in [6, 6.07) is 1.74. The van der Waals surface area contributed by atoms with Crippen molar-refractivity contribution in [1.82, 2.24) is 5.32 Å². The highest BCUT2D eigenvalue weighted by atomic mass is 19.2. The molecule has 0 saturated carbocycles. The lowest BCUT2D eigenvalue weighted by Crippen LogP contribution is -2.28. The van der Waals surface area contributed by atoms with E-state index in [9.17, 15) is 18.0 Å². The van der Waals surface area contributed by atoms with Gasteiger partial charge in [-0.2, -0.15) is 0 Å². The summed E-state index contributed by atoms with van der Waals surface area (Å²) in [5.41, 5.74) is -0.368. The third-order valence-electron chi connectivity index (χ3n) is 2.02. The lowest BCUT2D eigenvalue weighted by molar-refractivity contribution is -0.115. The maximum Gasteiger partial charge on any atom is 0.238 e. The summed E-state index contributed by atoms with van der Waals surface area (Å²) in [7, 11) is 0. The van der Waals surface area contributed by atoms with Gasteiger partial charge in [0.2, 0.25) is 5.91 Å². The van der Waals surface area contributed by atoms with Crippen LogP contribution in [0.25, 0.3) is 0 Å².